The Hall–Kier alpha value is -3.02. The standard InChI is InChI=1S/C21H25N3O3/c1-2-27-19-10-8-17(9-11-19)16-20(25)23-12-14-24(15-13-23)21(26)22-18-6-4-3-5-7-18/h3-11H,2,12-16H2,1H3,(H,22,26). The van der Waals surface area contributed by atoms with E-state index in [1.54, 1.807) is 4.90 Å². The number of nitrogens with zero attached hydrogens (tertiary/aromatic N) is 2. The van der Waals surface area contributed by atoms with E-state index in [1.807, 2.05) is 66.4 Å². The SMILES string of the molecule is CCOc1ccc(CC(=O)N2CCN(C(=O)Nc3ccccc3)CC2)cc1. The second-order valence-corrected chi connectivity index (χ2v) is 6.42. The summed E-state index contributed by atoms with van der Waals surface area (Å²) in [4.78, 5) is 28.4. The fourth-order valence-corrected chi connectivity index (χ4v) is 3.04. The van der Waals surface area contributed by atoms with E-state index in [9.17, 15) is 9.59 Å². The maximum atomic E-state index is 12.5. The van der Waals surface area contributed by atoms with Gasteiger partial charge in [0.25, 0.3) is 0 Å². The Bertz CT molecular complexity index is 754. The van der Waals surface area contributed by atoms with Crippen LogP contribution in [-0.4, -0.2) is 54.5 Å². The largest absolute Gasteiger partial charge is 0.494 e. The van der Waals surface area contributed by atoms with Gasteiger partial charge < -0.3 is 19.9 Å². The van der Waals surface area contributed by atoms with E-state index >= 15 is 0 Å². The maximum absolute atomic E-state index is 12.5. The molecule has 3 rings (SSSR count). The molecular formula is C21H25N3O3. The topological polar surface area (TPSA) is 61.9 Å². The van der Waals surface area contributed by atoms with Crippen LogP contribution in [0.1, 0.15) is 12.5 Å². The van der Waals surface area contributed by atoms with Gasteiger partial charge in [0.15, 0.2) is 0 Å². The van der Waals surface area contributed by atoms with Gasteiger partial charge >= 0.3 is 6.03 Å². The lowest BCUT2D eigenvalue weighted by Gasteiger charge is -2.34. The Balaban J connectivity index is 1.46. The first-order chi connectivity index (χ1) is 13.2. The number of nitrogens with one attached hydrogen (secondary N) is 1. The molecule has 3 amide bonds. The lowest BCUT2D eigenvalue weighted by atomic mass is 10.1. The number of para-hydroxylation sites is 1. The predicted octanol–water partition coefficient (Wildman–Crippen LogP) is 3.00. The lowest BCUT2D eigenvalue weighted by Crippen LogP contribution is -2.52. The number of urea groups is 1. The fraction of sp³-hybridized carbons (Fsp3) is 0.333. The fourth-order valence-electron chi connectivity index (χ4n) is 3.04. The van der Waals surface area contributed by atoms with E-state index in [-0.39, 0.29) is 11.9 Å². The highest BCUT2D eigenvalue weighted by Gasteiger charge is 2.24. The van der Waals surface area contributed by atoms with Crippen LogP contribution in [0, 0.1) is 0 Å². The van der Waals surface area contributed by atoms with E-state index < -0.39 is 0 Å². The Morgan fingerprint density at radius 3 is 2.19 bits per heavy atom. The van der Waals surface area contributed by atoms with Crippen molar-refractivity contribution in [3.8, 4) is 5.75 Å². The maximum Gasteiger partial charge on any atom is 0.321 e. The van der Waals surface area contributed by atoms with Crippen LogP contribution in [0.3, 0.4) is 0 Å². The Kier molecular flexibility index (Phi) is 6.30. The molecule has 27 heavy (non-hydrogen) atoms. The summed E-state index contributed by atoms with van der Waals surface area (Å²) in [5, 5.41) is 2.88. The minimum absolute atomic E-state index is 0.0854. The van der Waals surface area contributed by atoms with E-state index in [0.29, 0.717) is 39.2 Å². The molecule has 0 bridgehead atoms. The number of rotatable bonds is 5. The van der Waals surface area contributed by atoms with Gasteiger partial charge in [-0.1, -0.05) is 30.3 Å². The van der Waals surface area contributed by atoms with Gasteiger partial charge in [0.2, 0.25) is 5.91 Å². The second kappa shape index (κ2) is 9.07. The molecule has 6 heteroatoms. The summed E-state index contributed by atoms with van der Waals surface area (Å²) in [6.45, 7) is 4.75. The highest BCUT2D eigenvalue weighted by Crippen LogP contribution is 2.14. The van der Waals surface area contributed by atoms with Crippen LogP contribution in [0.15, 0.2) is 54.6 Å². The summed E-state index contributed by atoms with van der Waals surface area (Å²) in [6.07, 6.45) is 0.364. The Morgan fingerprint density at radius 2 is 1.56 bits per heavy atom. The number of carbonyl (C=O) groups excluding carboxylic acids is 2. The monoisotopic (exact) mass is 367 g/mol. The second-order valence-electron chi connectivity index (χ2n) is 6.42. The van der Waals surface area contributed by atoms with Gasteiger partial charge in [0, 0.05) is 31.9 Å². The van der Waals surface area contributed by atoms with Crippen LogP contribution in [0.5, 0.6) is 5.75 Å². The smallest absolute Gasteiger partial charge is 0.321 e. The molecule has 0 aromatic heterocycles. The molecule has 0 aliphatic carbocycles. The molecule has 1 heterocycles. The molecule has 2 aromatic rings. The Labute approximate surface area is 159 Å². The average Bonchev–Trinajstić information content (AvgIpc) is 2.70. The van der Waals surface area contributed by atoms with E-state index in [4.69, 9.17) is 4.74 Å². The first kappa shape index (κ1) is 18.8. The Morgan fingerprint density at radius 1 is 0.926 bits per heavy atom. The molecule has 0 radical (unpaired) electrons. The van der Waals surface area contributed by atoms with Crippen molar-refractivity contribution in [3.63, 3.8) is 0 Å². The summed E-state index contributed by atoms with van der Waals surface area (Å²) in [5.74, 6) is 0.897. The third kappa shape index (κ3) is 5.23. The van der Waals surface area contributed by atoms with Crippen molar-refractivity contribution in [2.45, 2.75) is 13.3 Å². The molecule has 1 aliphatic heterocycles. The molecule has 1 fully saturated rings. The van der Waals surface area contributed by atoms with Crippen LogP contribution in [-0.2, 0) is 11.2 Å². The molecule has 2 aromatic carbocycles. The van der Waals surface area contributed by atoms with Crippen LogP contribution in [0.25, 0.3) is 0 Å². The van der Waals surface area contributed by atoms with E-state index in [1.165, 1.54) is 0 Å². The summed E-state index contributed by atoms with van der Waals surface area (Å²) in [7, 11) is 0. The number of anilines is 1. The number of amides is 3. The van der Waals surface area contributed by atoms with Crippen molar-refractivity contribution in [2.24, 2.45) is 0 Å². The van der Waals surface area contributed by atoms with E-state index in [0.717, 1.165) is 17.0 Å². The van der Waals surface area contributed by atoms with Gasteiger partial charge in [-0.25, -0.2) is 4.79 Å². The van der Waals surface area contributed by atoms with Crippen molar-refractivity contribution in [1.29, 1.82) is 0 Å². The summed E-state index contributed by atoms with van der Waals surface area (Å²) in [5.41, 5.74) is 1.74. The third-order valence-corrected chi connectivity index (χ3v) is 4.53. The van der Waals surface area contributed by atoms with Crippen molar-refractivity contribution in [2.75, 3.05) is 38.1 Å². The molecule has 0 saturated carbocycles. The molecule has 0 atom stereocenters. The summed E-state index contributed by atoms with van der Waals surface area (Å²) < 4.78 is 5.42. The van der Waals surface area contributed by atoms with Gasteiger partial charge in [-0.2, -0.15) is 0 Å². The zero-order chi connectivity index (χ0) is 19.1. The first-order valence-electron chi connectivity index (χ1n) is 9.26. The number of ether oxygens (including phenoxy) is 1. The van der Waals surface area contributed by atoms with Gasteiger partial charge in [-0.15, -0.1) is 0 Å². The first-order valence-corrected chi connectivity index (χ1v) is 9.26. The molecule has 142 valence electrons. The average molecular weight is 367 g/mol. The zero-order valence-corrected chi connectivity index (χ0v) is 15.6. The van der Waals surface area contributed by atoms with Gasteiger partial charge in [0.05, 0.1) is 13.0 Å². The van der Waals surface area contributed by atoms with Gasteiger partial charge in [-0.3, -0.25) is 4.79 Å². The van der Waals surface area contributed by atoms with Crippen molar-refractivity contribution < 1.29 is 14.3 Å². The van der Waals surface area contributed by atoms with Crippen LogP contribution in [0.4, 0.5) is 10.5 Å². The van der Waals surface area contributed by atoms with Gasteiger partial charge in [-0.05, 0) is 36.8 Å². The highest BCUT2D eigenvalue weighted by atomic mass is 16.5. The molecule has 1 saturated heterocycles. The molecule has 0 spiro atoms. The van der Waals surface area contributed by atoms with Gasteiger partial charge in [0.1, 0.15) is 5.75 Å². The zero-order valence-electron chi connectivity index (χ0n) is 15.6. The molecule has 0 unspecified atom stereocenters. The van der Waals surface area contributed by atoms with Crippen LogP contribution in [0.2, 0.25) is 0 Å². The number of hydrogen-bond donors (Lipinski definition) is 1. The number of hydrogen-bond acceptors (Lipinski definition) is 3. The number of carbonyl (C=O) groups is 2. The third-order valence-electron chi connectivity index (χ3n) is 4.53. The lowest BCUT2D eigenvalue weighted by molar-refractivity contribution is -0.131. The summed E-state index contributed by atoms with van der Waals surface area (Å²) in [6, 6.07) is 16.9. The van der Waals surface area contributed by atoms with Crippen molar-refractivity contribution in [3.05, 3.63) is 60.2 Å². The summed E-state index contributed by atoms with van der Waals surface area (Å²) >= 11 is 0. The number of piperazine rings is 1. The van der Waals surface area contributed by atoms with Crippen molar-refractivity contribution >= 4 is 17.6 Å². The minimum Gasteiger partial charge on any atom is -0.494 e. The molecule has 6 nitrogen and oxygen atoms in total. The quantitative estimate of drug-likeness (QED) is 0.884. The van der Waals surface area contributed by atoms with Crippen molar-refractivity contribution in [1.82, 2.24) is 9.80 Å². The molecule has 1 aliphatic rings. The van der Waals surface area contributed by atoms with E-state index in [2.05, 4.69) is 5.32 Å². The van der Waals surface area contributed by atoms with Crippen LogP contribution >= 0.6 is 0 Å². The minimum atomic E-state index is -0.125. The normalized spacial score (nSPS) is 14.0. The highest BCUT2D eigenvalue weighted by molar-refractivity contribution is 5.89. The van der Waals surface area contributed by atoms with Crippen LogP contribution < -0.4 is 10.1 Å². The predicted molar refractivity (Wildman–Crippen MR) is 105 cm³/mol. The number of benzene rings is 2. The molecule has 1 N–H and O–H groups in total. The molecular weight excluding hydrogens is 342 g/mol.